The topological polar surface area (TPSA) is 46.6 Å². The number of methoxy groups -OCH3 is 1. The second kappa shape index (κ2) is 6.70. The molecule has 0 unspecified atom stereocenters. The highest BCUT2D eigenvalue weighted by molar-refractivity contribution is 7.89. The van der Waals surface area contributed by atoms with Gasteiger partial charge in [-0.2, -0.15) is 4.31 Å². The number of nitrogens with zero attached hydrogens (tertiary/aromatic N) is 1. The van der Waals surface area contributed by atoms with Crippen molar-refractivity contribution in [2.45, 2.75) is 31.7 Å². The lowest BCUT2D eigenvalue weighted by molar-refractivity contribution is 0.194. The van der Waals surface area contributed by atoms with Gasteiger partial charge in [0.15, 0.2) is 0 Å². The minimum absolute atomic E-state index is 0.00127. The van der Waals surface area contributed by atoms with Gasteiger partial charge in [-0.1, -0.05) is 24.3 Å². The van der Waals surface area contributed by atoms with E-state index in [1.165, 1.54) is 5.56 Å². The minimum atomic E-state index is -3.19. The number of hydrogen-bond donors (Lipinski definition) is 0. The maximum Gasteiger partial charge on any atom is 0.214 e. The van der Waals surface area contributed by atoms with Crippen LogP contribution in [0.1, 0.15) is 36.4 Å². The van der Waals surface area contributed by atoms with Crippen LogP contribution in [0.15, 0.2) is 24.3 Å². The van der Waals surface area contributed by atoms with Gasteiger partial charge in [-0.15, -0.1) is 0 Å². The van der Waals surface area contributed by atoms with Crippen LogP contribution < -0.4 is 0 Å². The third kappa shape index (κ3) is 3.40. The number of ether oxygens (including phenoxy) is 1. The molecule has 5 heteroatoms. The number of aryl methyl sites for hydroxylation is 1. The summed E-state index contributed by atoms with van der Waals surface area (Å²) in [5.41, 5.74) is 2.44. The van der Waals surface area contributed by atoms with Crippen LogP contribution in [0.25, 0.3) is 0 Å². The molecule has 2 rings (SSSR count). The fraction of sp³-hybridized carbons (Fsp3) is 0.600. The van der Waals surface area contributed by atoms with E-state index >= 15 is 0 Å². The normalized spacial score (nSPS) is 18.4. The number of fused-ring (bicyclic) bond motifs is 1. The number of rotatable bonds is 7. The molecule has 1 aliphatic carbocycles. The molecule has 0 N–H and O–H groups in total. The van der Waals surface area contributed by atoms with Crippen LogP contribution in [0, 0.1) is 0 Å². The van der Waals surface area contributed by atoms with Gasteiger partial charge < -0.3 is 4.74 Å². The summed E-state index contributed by atoms with van der Waals surface area (Å²) in [6, 6.07) is 8.13. The Balaban J connectivity index is 2.02. The van der Waals surface area contributed by atoms with Gasteiger partial charge in [0.2, 0.25) is 10.0 Å². The Bertz CT molecular complexity index is 542. The van der Waals surface area contributed by atoms with Crippen LogP contribution in [0.3, 0.4) is 0 Å². The van der Waals surface area contributed by atoms with Gasteiger partial charge in [0.1, 0.15) is 0 Å². The van der Waals surface area contributed by atoms with E-state index < -0.39 is 10.0 Å². The van der Waals surface area contributed by atoms with Crippen molar-refractivity contribution in [2.24, 2.45) is 0 Å². The Kier molecular flexibility index (Phi) is 5.18. The fourth-order valence-corrected chi connectivity index (χ4v) is 4.24. The lowest BCUT2D eigenvalue weighted by atomic mass is 10.1. The Morgan fingerprint density at radius 2 is 2.05 bits per heavy atom. The summed E-state index contributed by atoms with van der Waals surface area (Å²) in [6.07, 6.45) is 3.28. The third-order valence-corrected chi connectivity index (χ3v) is 5.92. The molecule has 1 aromatic rings. The summed E-state index contributed by atoms with van der Waals surface area (Å²) in [6.45, 7) is 0.617. The van der Waals surface area contributed by atoms with Crippen molar-refractivity contribution in [2.75, 3.05) is 26.5 Å². The zero-order valence-electron chi connectivity index (χ0n) is 12.2. The molecule has 0 aromatic heterocycles. The summed E-state index contributed by atoms with van der Waals surface area (Å²) in [7, 11) is 0.153. The first-order valence-corrected chi connectivity index (χ1v) is 8.69. The van der Waals surface area contributed by atoms with E-state index in [9.17, 15) is 8.42 Å². The van der Waals surface area contributed by atoms with Gasteiger partial charge in [0, 0.05) is 26.8 Å². The Hall–Kier alpha value is -0.910. The molecule has 20 heavy (non-hydrogen) atoms. The standard InChI is InChI=1S/C15H23NO3S/c1-16(20(17,18)12-6-5-11-19-2)15-10-9-13-7-3-4-8-14(13)15/h3-4,7-8,15H,5-6,9-12H2,1-2H3/t15-/m1/s1. The van der Waals surface area contributed by atoms with Crippen LogP contribution in [0.5, 0.6) is 0 Å². The van der Waals surface area contributed by atoms with Gasteiger partial charge in [-0.25, -0.2) is 8.42 Å². The second-order valence-corrected chi connectivity index (χ2v) is 7.43. The predicted octanol–water partition coefficient (Wildman–Crippen LogP) is 2.36. The Morgan fingerprint density at radius 1 is 1.30 bits per heavy atom. The SMILES string of the molecule is COCCCCS(=O)(=O)N(C)[C@@H]1CCc2ccccc21. The van der Waals surface area contributed by atoms with Crippen LogP contribution in [-0.2, 0) is 21.2 Å². The van der Waals surface area contributed by atoms with Crippen molar-refractivity contribution in [3.63, 3.8) is 0 Å². The van der Waals surface area contributed by atoms with E-state index in [4.69, 9.17) is 4.74 Å². The van der Waals surface area contributed by atoms with E-state index in [0.717, 1.165) is 24.8 Å². The molecule has 0 radical (unpaired) electrons. The molecular weight excluding hydrogens is 274 g/mol. The van der Waals surface area contributed by atoms with Crippen LogP contribution >= 0.6 is 0 Å². The van der Waals surface area contributed by atoms with Crippen molar-refractivity contribution in [3.05, 3.63) is 35.4 Å². The van der Waals surface area contributed by atoms with Crippen molar-refractivity contribution in [3.8, 4) is 0 Å². The molecule has 0 aliphatic heterocycles. The van der Waals surface area contributed by atoms with E-state index in [2.05, 4.69) is 6.07 Å². The van der Waals surface area contributed by atoms with E-state index in [1.54, 1.807) is 18.5 Å². The van der Waals surface area contributed by atoms with Gasteiger partial charge in [-0.05, 0) is 36.8 Å². The van der Waals surface area contributed by atoms with Crippen molar-refractivity contribution < 1.29 is 13.2 Å². The summed E-state index contributed by atoms with van der Waals surface area (Å²) >= 11 is 0. The number of unbranched alkanes of at least 4 members (excludes halogenated alkanes) is 1. The molecule has 4 nitrogen and oxygen atoms in total. The molecule has 1 aliphatic rings. The van der Waals surface area contributed by atoms with Gasteiger partial charge in [0.25, 0.3) is 0 Å². The second-order valence-electron chi connectivity index (χ2n) is 5.29. The lowest BCUT2D eigenvalue weighted by Gasteiger charge is -2.24. The Labute approximate surface area is 121 Å². The zero-order valence-corrected chi connectivity index (χ0v) is 13.0. The first-order chi connectivity index (χ1) is 9.56. The average Bonchev–Trinajstić information content (AvgIpc) is 2.86. The highest BCUT2D eigenvalue weighted by Crippen LogP contribution is 2.36. The van der Waals surface area contributed by atoms with E-state index in [0.29, 0.717) is 13.0 Å². The maximum atomic E-state index is 12.4. The maximum absolute atomic E-state index is 12.4. The minimum Gasteiger partial charge on any atom is -0.385 e. The average molecular weight is 297 g/mol. The number of sulfonamides is 1. The van der Waals surface area contributed by atoms with E-state index in [-0.39, 0.29) is 11.8 Å². The molecule has 0 saturated carbocycles. The lowest BCUT2D eigenvalue weighted by Crippen LogP contribution is -2.32. The summed E-state index contributed by atoms with van der Waals surface area (Å²) in [5, 5.41) is 0. The summed E-state index contributed by atoms with van der Waals surface area (Å²) in [5.74, 6) is 0.200. The predicted molar refractivity (Wildman–Crippen MR) is 80.2 cm³/mol. The quantitative estimate of drug-likeness (QED) is 0.726. The van der Waals surface area contributed by atoms with Crippen LogP contribution in [0.4, 0.5) is 0 Å². The zero-order chi connectivity index (χ0) is 14.6. The molecule has 0 fully saturated rings. The molecule has 0 spiro atoms. The molecule has 0 bridgehead atoms. The number of benzene rings is 1. The van der Waals surface area contributed by atoms with Crippen LogP contribution in [0.2, 0.25) is 0 Å². The molecule has 1 atom stereocenters. The highest BCUT2D eigenvalue weighted by atomic mass is 32.2. The monoisotopic (exact) mass is 297 g/mol. The first kappa shape index (κ1) is 15.5. The summed E-state index contributed by atoms with van der Waals surface area (Å²) in [4.78, 5) is 0. The molecule has 112 valence electrons. The molecule has 0 saturated heterocycles. The molecule has 0 amide bonds. The first-order valence-electron chi connectivity index (χ1n) is 7.08. The third-order valence-electron chi connectivity index (χ3n) is 3.98. The number of hydrogen-bond acceptors (Lipinski definition) is 3. The van der Waals surface area contributed by atoms with E-state index in [1.807, 2.05) is 18.2 Å². The largest absolute Gasteiger partial charge is 0.385 e. The smallest absolute Gasteiger partial charge is 0.214 e. The van der Waals surface area contributed by atoms with Crippen molar-refractivity contribution in [1.29, 1.82) is 0 Å². The molecule has 1 aromatic carbocycles. The van der Waals surface area contributed by atoms with Crippen molar-refractivity contribution >= 4 is 10.0 Å². The van der Waals surface area contributed by atoms with Gasteiger partial charge in [0.05, 0.1) is 5.75 Å². The van der Waals surface area contributed by atoms with Crippen LogP contribution in [-0.4, -0.2) is 39.2 Å². The molecule has 0 heterocycles. The van der Waals surface area contributed by atoms with Gasteiger partial charge in [-0.3, -0.25) is 0 Å². The molecular formula is C15H23NO3S. The highest BCUT2D eigenvalue weighted by Gasteiger charge is 2.31. The summed E-state index contributed by atoms with van der Waals surface area (Å²) < 4.78 is 31.3. The fourth-order valence-electron chi connectivity index (χ4n) is 2.78. The van der Waals surface area contributed by atoms with Gasteiger partial charge >= 0.3 is 0 Å². The van der Waals surface area contributed by atoms with Crippen molar-refractivity contribution in [1.82, 2.24) is 4.31 Å². The Morgan fingerprint density at radius 3 is 2.80 bits per heavy atom.